The van der Waals surface area contributed by atoms with Gasteiger partial charge in [0.2, 0.25) is 5.91 Å². The second-order valence-corrected chi connectivity index (χ2v) is 8.68. The fourth-order valence-corrected chi connectivity index (χ4v) is 4.86. The van der Waals surface area contributed by atoms with Gasteiger partial charge < -0.3 is 5.32 Å². The summed E-state index contributed by atoms with van der Waals surface area (Å²) in [5, 5.41) is 5.03. The Hall–Kier alpha value is -1.57. The standard InChI is InChI=1S/C18H19N3OS3/c1-11-12(2)25-18-16(11)17(19-10-20-18)24-9-8-15(22)21-13-4-6-14(23-3)7-5-13/h4-7,10H,8-9H2,1-3H3,(H,21,22). The SMILES string of the molecule is CSc1ccc(NC(=O)CCSc2ncnc3sc(C)c(C)c23)cc1. The minimum absolute atomic E-state index is 0.0212. The number of nitrogens with zero attached hydrogens (tertiary/aromatic N) is 2. The fraction of sp³-hybridized carbons (Fsp3) is 0.278. The molecule has 0 saturated carbocycles. The van der Waals surface area contributed by atoms with Crippen LogP contribution in [0.15, 0.2) is 40.5 Å². The lowest BCUT2D eigenvalue weighted by molar-refractivity contribution is -0.115. The van der Waals surface area contributed by atoms with Crippen LogP contribution in [0.2, 0.25) is 0 Å². The average molecular weight is 390 g/mol. The molecule has 3 rings (SSSR count). The molecule has 1 amide bonds. The first-order valence-electron chi connectivity index (χ1n) is 7.86. The topological polar surface area (TPSA) is 54.9 Å². The number of carbonyl (C=O) groups excluding carboxylic acids is 1. The molecule has 0 atom stereocenters. The van der Waals surface area contributed by atoms with Crippen LogP contribution in [0.3, 0.4) is 0 Å². The lowest BCUT2D eigenvalue weighted by Gasteiger charge is -2.06. The van der Waals surface area contributed by atoms with Gasteiger partial charge in [0.1, 0.15) is 16.2 Å². The Bertz CT molecular complexity index is 890. The van der Waals surface area contributed by atoms with Gasteiger partial charge in [0.25, 0.3) is 0 Å². The summed E-state index contributed by atoms with van der Waals surface area (Å²) < 4.78 is 0. The van der Waals surface area contributed by atoms with Crippen molar-refractivity contribution in [3.63, 3.8) is 0 Å². The summed E-state index contributed by atoms with van der Waals surface area (Å²) in [6.45, 7) is 4.21. The predicted octanol–water partition coefficient (Wildman–Crippen LogP) is 5.15. The van der Waals surface area contributed by atoms with Crippen LogP contribution in [0.1, 0.15) is 16.9 Å². The van der Waals surface area contributed by atoms with E-state index in [1.807, 2.05) is 30.5 Å². The van der Waals surface area contributed by atoms with Gasteiger partial charge >= 0.3 is 0 Å². The first-order chi connectivity index (χ1) is 12.1. The van der Waals surface area contributed by atoms with Crippen LogP contribution in [0, 0.1) is 13.8 Å². The summed E-state index contributed by atoms with van der Waals surface area (Å²) in [4.78, 5) is 24.4. The molecule has 2 heterocycles. The van der Waals surface area contributed by atoms with Crippen LogP contribution in [0.25, 0.3) is 10.2 Å². The first kappa shape index (κ1) is 18.2. The minimum atomic E-state index is 0.0212. The van der Waals surface area contributed by atoms with Gasteiger partial charge in [-0.25, -0.2) is 9.97 Å². The van der Waals surface area contributed by atoms with E-state index in [0.717, 1.165) is 20.9 Å². The minimum Gasteiger partial charge on any atom is -0.326 e. The summed E-state index contributed by atoms with van der Waals surface area (Å²) in [7, 11) is 0. The number of hydrogen-bond donors (Lipinski definition) is 1. The van der Waals surface area contributed by atoms with Gasteiger partial charge in [-0.3, -0.25) is 4.79 Å². The molecule has 0 radical (unpaired) electrons. The van der Waals surface area contributed by atoms with Crippen molar-refractivity contribution in [3.05, 3.63) is 41.0 Å². The molecule has 1 N–H and O–H groups in total. The Morgan fingerprint density at radius 3 is 2.68 bits per heavy atom. The van der Waals surface area contributed by atoms with Crippen molar-refractivity contribution in [1.29, 1.82) is 0 Å². The number of thioether (sulfide) groups is 2. The zero-order chi connectivity index (χ0) is 17.8. The van der Waals surface area contributed by atoms with E-state index in [0.29, 0.717) is 12.2 Å². The molecule has 2 aromatic heterocycles. The molecule has 7 heteroatoms. The number of aromatic nitrogens is 2. The van der Waals surface area contributed by atoms with E-state index < -0.39 is 0 Å². The molecular formula is C18H19N3OS3. The number of anilines is 1. The molecule has 0 unspecified atom stereocenters. The van der Waals surface area contributed by atoms with E-state index >= 15 is 0 Å². The third-order valence-electron chi connectivity index (χ3n) is 3.87. The smallest absolute Gasteiger partial charge is 0.225 e. The third-order valence-corrected chi connectivity index (χ3v) is 6.72. The maximum Gasteiger partial charge on any atom is 0.225 e. The number of fused-ring (bicyclic) bond motifs is 1. The Balaban J connectivity index is 1.58. The van der Waals surface area contributed by atoms with Crippen LogP contribution < -0.4 is 5.32 Å². The lowest BCUT2D eigenvalue weighted by Crippen LogP contribution is -2.12. The average Bonchev–Trinajstić information content (AvgIpc) is 2.91. The number of benzene rings is 1. The summed E-state index contributed by atoms with van der Waals surface area (Å²) >= 11 is 4.99. The van der Waals surface area contributed by atoms with Crippen LogP contribution in [-0.4, -0.2) is 27.9 Å². The van der Waals surface area contributed by atoms with E-state index in [2.05, 4.69) is 29.1 Å². The molecule has 25 heavy (non-hydrogen) atoms. The van der Waals surface area contributed by atoms with E-state index in [1.54, 1.807) is 41.2 Å². The Morgan fingerprint density at radius 1 is 1.20 bits per heavy atom. The van der Waals surface area contributed by atoms with Crippen molar-refractivity contribution in [2.24, 2.45) is 0 Å². The fourth-order valence-electron chi connectivity index (χ4n) is 2.40. The molecule has 130 valence electrons. The molecule has 4 nitrogen and oxygen atoms in total. The number of rotatable bonds is 6. The normalized spacial score (nSPS) is 11.0. The quantitative estimate of drug-likeness (QED) is 0.467. The van der Waals surface area contributed by atoms with Crippen molar-refractivity contribution in [2.75, 3.05) is 17.3 Å². The van der Waals surface area contributed by atoms with Crippen molar-refractivity contribution < 1.29 is 4.79 Å². The summed E-state index contributed by atoms with van der Waals surface area (Å²) in [5.74, 6) is 0.711. The highest BCUT2D eigenvalue weighted by Crippen LogP contribution is 2.34. The van der Waals surface area contributed by atoms with Crippen molar-refractivity contribution in [1.82, 2.24) is 9.97 Å². The first-order valence-corrected chi connectivity index (χ1v) is 10.9. The highest BCUT2D eigenvalue weighted by Gasteiger charge is 2.12. The zero-order valence-corrected chi connectivity index (χ0v) is 16.8. The number of thiophene rings is 1. The molecule has 0 saturated heterocycles. The van der Waals surface area contributed by atoms with Crippen molar-refractivity contribution >= 4 is 56.7 Å². The van der Waals surface area contributed by atoms with Crippen LogP contribution in [-0.2, 0) is 4.79 Å². The molecule has 0 bridgehead atoms. The van der Waals surface area contributed by atoms with Crippen LogP contribution in [0.4, 0.5) is 5.69 Å². The van der Waals surface area contributed by atoms with Gasteiger partial charge in [-0.15, -0.1) is 34.9 Å². The van der Waals surface area contributed by atoms with E-state index in [1.165, 1.54) is 15.3 Å². The lowest BCUT2D eigenvalue weighted by atomic mass is 10.2. The highest BCUT2D eigenvalue weighted by atomic mass is 32.2. The molecule has 0 aliphatic carbocycles. The number of amides is 1. The Morgan fingerprint density at radius 2 is 1.96 bits per heavy atom. The third kappa shape index (κ3) is 4.34. The summed E-state index contributed by atoms with van der Waals surface area (Å²) in [5.41, 5.74) is 2.07. The molecular weight excluding hydrogens is 370 g/mol. The zero-order valence-electron chi connectivity index (χ0n) is 14.3. The molecule has 0 fully saturated rings. The van der Waals surface area contributed by atoms with Gasteiger partial charge in [-0.2, -0.15) is 0 Å². The Kier molecular flexibility index (Phi) is 5.98. The second kappa shape index (κ2) is 8.21. The van der Waals surface area contributed by atoms with E-state index in [9.17, 15) is 4.79 Å². The van der Waals surface area contributed by atoms with E-state index in [4.69, 9.17) is 0 Å². The van der Waals surface area contributed by atoms with Crippen LogP contribution >= 0.6 is 34.9 Å². The van der Waals surface area contributed by atoms with Crippen molar-refractivity contribution in [2.45, 2.75) is 30.2 Å². The molecule has 0 aliphatic rings. The number of nitrogens with one attached hydrogen (secondary N) is 1. The Labute approximate surface area is 159 Å². The number of hydrogen-bond acceptors (Lipinski definition) is 6. The highest BCUT2D eigenvalue weighted by molar-refractivity contribution is 7.99. The molecule has 1 aromatic carbocycles. The molecule has 0 aliphatic heterocycles. The van der Waals surface area contributed by atoms with Crippen LogP contribution in [0.5, 0.6) is 0 Å². The largest absolute Gasteiger partial charge is 0.326 e. The predicted molar refractivity (Wildman–Crippen MR) is 109 cm³/mol. The summed E-state index contributed by atoms with van der Waals surface area (Å²) in [6.07, 6.45) is 4.08. The molecule has 0 spiro atoms. The maximum atomic E-state index is 12.1. The van der Waals surface area contributed by atoms with Gasteiger partial charge in [0.15, 0.2) is 0 Å². The van der Waals surface area contributed by atoms with Gasteiger partial charge in [0, 0.05) is 33.0 Å². The van der Waals surface area contributed by atoms with E-state index in [-0.39, 0.29) is 5.91 Å². The summed E-state index contributed by atoms with van der Waals surface area (Å²) in [6, 6.07) is 7.88. The monoisotopic (exact) mass is 389 g/mol. The van der Waals surface area contributed by atoms with Gasteiger partial charge in [0.05, 0.1) is 0 Å². The van der Waals surface area contributed by atoms with Gasteiger partial charge in [-0.05, 0) is 49.9 Å². The second-order valence-electron chi connectivity index (χ2n) is 5.52. The molecule has 3 aromatic rings. The van der Waals surface area contributed by atoms with Gasteiger partial charge in [-0.1, -0.05) is 0 Å². The van der Waals surface area contributed by atoms with Crippen molar-refractivity contribution in [3.8, 4) is 0 Å². The number of aryl methyl sites for hydroxylation is 2. The number of carbonyl (C=O) groups is 1. The maximum absolute atomic E-state index is 12.1.